The number of carbonyl (C=O) groups is 2. The average Bonchev–Trinajstić information content (AvgIpc) is 2.75. The molecule has 0 unspecified atom stereocenters. The van der Waals surface area contributed by atoms with E-state index in [2.05, 4.69) is 5.32 Å². The zero-order valence-electron chi connectivity index (χ0n) is 17.0. The fourth-order valence-corrected chi connectivity index (χ4v) is 3.31. The van der Waals surface area contributed by atoms with E-state index in [1.165, 1.54) is 19.2 Å². The first-order valence-electron chi connectivity index (χ1n) is 9.34. The van der Waals surface area contributed by atoms with Crippen molar-refractivity contribution in [2.75, 3.05) is 12.4 Å². The molecule has 5 nitrogen and oxygen atoms in total. The predicted octanol–water partition coefficient (Wildman–Crippen LogP) is 4.64. The summed E-state index contributed by atoms with van der Waals surface area (Å²) in [5.74, 6) is -1.70. The first-order valence-corrected chi connectivity index (χ1v) is 9.34. The van der Waals surface area contributed by atoms with Gasteiger partial charge in [-0.2, -0.15) is 0 Å². The number of hydrogen-bond donors (Lipinski definition) is 2. The van der Waals surface area contributed by atoms with Gasteiger partial charge in [0, 0.05) is 5.69 Å². The highest BCUT2D eigenvalue weighted by atomic mass is 19.1. The lowest BCUT2D eigenvalue weighted by atomic mass is 10.00. The number of methoxy groups -OCH3 is 1. The Kier molecular flexibility index (Phi) is 6.28. The average molecular weight is 407 g/mol. The lowest BCUT2D eigenvalue weighted by molar-refractivity contribution is 0.0600. The van der Waals surface area contributed by atoms with Gasteiger partial charge in [-0.25, -0.2) is 9.18 Å². The van der Waals surface area contributed by atoms with Crippen LogP contribution in [0.1, 0.15) is 37.4 Å². The van der Waals surface area contributed by atoms with E-state index >= 15 is 0 Å². The highest BCUT2D eigenvalue weighted by Gasteiger charge is 2.17. The lowest BCUT2D eigenvalue weighted by Gasteiger charge is -2.14. The molecule has 2 N–H and O–H groups in total. The Bertz CT molecular complexity index is 1100. The number of amides is 1. The fraction of sp³-hybridized carbons (Fsp3) is 0.167. The van der Waals surface area contributed by atoms with E-state index in [1.54, 1.807) is 50.2 Å². The first kappa shape index (κ1) is 21.2. The summed E-state index contributed by atoms with van der Waals surface area (Å²) in [6.07, 6.45) is 0. The van der Waals surface area contributed by atoms with Crippen molar-refractivity contribution in [3.05, 3.63) is 88.2 Å². The number of halogens is 1. The third-order valence-corrected chi connectivity index (χ3v) is 4.85. The number of ether oxygens (including phenoxy) is 1. The molecule has 3 rings (SSSR count). The Morgan fingerprint density at radius 3 is 2.30 bits per heavy atom. The normalized spacial score (nSPS) is 10.6. The molecule has 0 heterocycles. The van der Waals surface area contributed by atoms with Gasteiger partial charge in [-0.3, -0.25) is 4.79 Å². The number of carbonyl (C=O) groups excluding carboxylic acids is 2. The quantitative estimate of drug-likeness (QED) is 0.604. The number of hydrogen-bond acceptors (Lipinski definition) is 4. The van der Waals surface area contributed by atoms with Crippen LogP contribution in [0.25, 0.3) is 11.1 Å². The second kappa shape index (κ2) is 8.88. The molecule has 0 aliphatic heterocycles. The lowest BCUT2D eigenvalue weighted by Crippen LogP contribution is -2.16. The molecule has 0 spiro atoms. The van der Waals surface area contributed by atoms with Gasteiger partial charge in [-0.05, 0) is 72.0 Å². The summed E-state index contributed by atoms with van der Waals surface area (Å²) in [5, 5.41) is 12.1. The molecule has 3 aromatic carbocycles. The minimum absolute atomic E-state index is 0.0993. The zero-order chi connectivity index (χ0) is 21.8. The zero-order valence-corrected chi connectivity index (χ0v) is 17.0. The summed E-state index contributed by atoms with van der Waals surface area (Å²) in [6.45, 7) is 3.40. The molecular weight excluding hydrogens is 385 g/mol. The number of esters is 1. The van der Waals surface area contributed by atoms with Crippen molar-refractivity contribution in [2.24, 2.45) is 0 Å². The summed E-state index contributed by atoms with van der Waals surface area (Å²) in [5.41, 5.74) is 4.27. The molecule has 0 aliphatic carbocycles. The molecule has 0 fully saturated rings. The molecule has 0 saturated heterocycles. The standard InChI is InChI=1S/C24H22FNO4/c1-14-9-19(24(29)30-3)10-15(2)22(14)26-23(28)20-12-18(7-8-21(20)25)17-6-4-5-16(11-17)13-27/h4-12,27H,13H2,1-3H3,(H,26,28). The van der Waals surface area contributed by atoms with E-state index < -0.39 is 17.7 Å². The third-order valence-electron chi connectivity index (χ3n) is 4.85. The smallest absolute Gasteiger partial charge is 0.337 e. The molecule has 0 aliphatic rings. The van der Waals surface area contributed by atoms with Crippen LogP contribution in [0.2, 0.25) is 0 Å². The number of aliphatic hydroxyl groups is 1. The van der Waals surface area contributed by atoms with Crippen molar-refractivity contribution < 1.29 is 23.8 Å². The molecule has 0 radical (unpaired) electrons. The van der Waals surface area contributed by atoms with Crippen LogP contribution >= 0.6 is 0 Å². The van der Waals surface area contributed by atoms with Gasteiger partial charge in [0.05, 0.1) is 24.8 Å². The van der Waals surface area contributed by atoms with Gasteiger partial charge >= 0.3 is 5.97 Å². The summed E-state index contributed by atoms with van der Waals surface area (Å²) in [6, 6.07) is 14.7. The molecule has 3 aromatic rings. The largest absolute Gasteiger partial charge is 0.465 e. The Hall–Kier alpha value is -3.51. The number of benzene rings is 3. The van der Waals surface area contributed by atoms with Crippen LogP contribution in [-0.2, 0) is 11.3 Å². The maximum absolute atomic E-state index is 14.4. The maximum atomic E-state index is 14.4. The molecule has 0 bridgehead atoms. The monoisotopic (exact) mass is 407 g/mol. The Labute approximate surface area is 174 Å². The van der Waals surface area contributed by atoms with Gasteiger partial charge < -0.3 is 15.2 Å². The van der Waals surface area contributed by atoms with Crippen molar-refractivity contribution in [1.82, 2.24) is 0 Å². The molecule has 0 saturated carbocycles. The van der Waals surface area contributed by atoms with Crippen molar-refractivity contribution >= 4 is 17.6 Å². The Balaban J connectivity index is 1.93. The minimum Gasteiger partial charge on any atom is -0.465 e. The van der Waals surface area contributed by atoms with Gasteiger partial charge in [0.25, 0.3) is 5.91 Å². The number of nitrogens with one attached hydrogen (secondary N) is 1. The summed E-state index contributed by atoms with van der Waals surface area (Å²) >= 11 is 0. The number of anilines is 1. The second-order valence-corrected chi connectivity index (χ2v) is 6.98. The van der Waals surface area contributed by atoms with Crippen molar-refractivity contribution in [1.29, 1.82) is 0 Å². The Morgan fingerprint density at radius 2 is 1.67 bits per heavy atom. The van der Waals surface area contributed by atoms with Crippen LogP contribution in [0.15, 0.2) is 54.6 Å². The van der Waals surface area contributed by atoms with Crippen LogP contribution in [0.5, 0.6) is 0 Å². The van der Waals surface area contributed by atoms with Crippen molar-refractivity contribution in [3.63, 3.8) is 0 Å². The number of rotatable bonds is 5. The summed E-state index contributed by atoms with van der Waals surface area (Å²) < 4.78 is 19.2. The van der Waals surface area contributed by atoms with Gasteiger partial charge in [-0.15, -0.1) is 0 Å². The maximum Gasteiger partial charge on any atom is 0.337 e. The molecular formula is C24H22FNO4. The SMILES string of the molecule is COC(=O)c1cc(C)c(NC(=O)c2cc(-c3cccc(CO)c3)ccc2F)c(C)c1. The van der Waals surface area contributed by atoms with E-state index in [4.69, 9.17) is 4.74 Å². The Morgan fingerprint density at radius 1 is 1.00 bits per heavy atom. The highest BCUT2D eigenvalue weighted by molar-refractivity contribution is 6.06. The molecule has 30 heavy (non-hydrogen) atoms. The van der Waals surface area contributed by atoms with Crippen molar-refractivity contribution in [3.8, 4) is 11.1 Å². The van der Waals surface area contributed by atoms with Crippen LogP contribution in [0, 0.1) is 19.7 Å². The van der Waals surface area contributed by atoms with Gasteiger partial charge in [0.15, 0.2) is 0 Å². The third kappa shape index (κ3) is 4.39. The molecule has 1 amide bonds. The molecule has 0 aromatic heterocycles. The van der Waals surface area contributed by atoms with E-state index in [0.717, 1.165) is 11.1 Å². The first-order chi connectivity index (χ1) is 14.3. The molecule has 6 heteroatoms. The van der Waals surface area contributed by atoms with Gasteiger partial charge in [0.2, 0.25) is 0 Å². The van der Waals surface area contributed by atoms with Crippen LogP contribution in [0.3, 0.4) is 0 Å². The fourth-order valence-electron chi connectivity index (χ4n) is 3.31. The number of aliphatic hydroxyl groups excluding tert-OH is 1. The van der Waals surface area contributed by atoms with Gasteiger partial charge in [-0.1, -0.05) is 24.3 Å². The number of aryl methyl sites for hydroxylation is 2. The van der Waals surface area contributed by atoms with E-state index in [0.29, 0.717) is 27.9 Å². The topological polar surface area (TPSA) is 75.6 Å². The highest BCUT2D eigenvalue weighted by Crippen LogP contribution is 2.26. The van der Waals surface area contributed by atoms with Crippen molar-refractivity contribution in [2.45, 2.75) is 20.5 Å². The summed E-state index contributed by atoms with van der Waals surface area (Å²) in [7, 11) is 1.30. The van der Waals surface area contributed by atoms with Crippen LogP contribution < -0.4 is 5.32 Å². The molecule has 154 valence electrons. The van der Waals surface area contributed by atoms with E-state index in [-0.39, 0.29) is 12.2 Å². The predicted molar refractivity (Wildman–Crippen MR) is 113 cm³/mol. The second-order valence-electron chi connectivity index (χ2n) is 6.98. The van der Waals surface area contributed by atoms with Crippen LogP contribution in [0.4, 0.5) is 10.1 Å². The molecule has 0 atom stereocenters. The van der Waals surface area contributed by atoms with E-state index in [1.807, 2.05) is 6.07 Å². The summed E-state index contributed by atoms with van der Waals surface area (Å²) in [4.78, 5) is 24.6. The van der Waals surface area contributed by atoms with Gasteiger partial charge in [0.1, 0.15) is 5.82 Å². The van der Waals surface area contributed by atoms with Crippen LogP contribution in [-0.4, -0.2) is 24.1 Å². The van der Waals surface area contributed by atoms with E-state index in [9.17, 15) is 19.1 Å². The minimum atomic E-state index is -0.643.